The molecule has 1 aliphatic rings. The Hall–Kier alpha value is -0.120. The van der Waals surface area contributed by atoms with E-state index in [1.54, 1.807) is 0 Å². The van der Waals surface area contributed by atoms with E-state index in [1.165, 1.54) is 32.1 Å². The lowest BCUT2D eigenvalue weighted by molar-refractivity contribution is 0.0481. The van der Waals surface area contributed by atoms with Gasteiger partial charge in [0.2, 0.25) is 0 Å². The van der Waals surface area contributed by atoms with Crippen LogP contribution in [0.1, 0.15) is 52.9 Å². The van der Waals surface area contributed by atoms with Crippen molar-refractivity contribution in [2.75, 3.05) is 27.2 Å². The predicted molar refractivity (Wildman–Crippen MR) is 82.4 cm³/mol. The molecule has 1 rings (SSSR count). The molecule has 0 saturated heterocycles. The first-order valence-electron chi connectivity index (χ1n) is 7.94. The number of rotatable bonds is 7. The highest BCUT2D eigenvalue weighted by atomic mass is 16.3. The third kappa shape index (κ3) is 4.73. The van der Waals surface area contributed by atoms with Crippen LogP contribution in [-0.4, -0.2) is 48.8 Å². The molecule has 1 fully saturated rings. The predicted octanol–water partition coefficient (Wildman–Crippen LogP) is 2.49. The molecule has 19 heavy (non-hydrogen) atoms. The van der Waals surface area contributed by atoms with E-state index >= 15 is 0 Å². The molecule has 3 unspecified atom stereocenters. The SMILES string of the molecule is CCCC1CCC(NC)C(CN(C)C(C)(C)CO)C1. The molecule has 0 heterocycles. The molecule has 3 nitrogen and oxygen atoms in total. The molecule has 0 aromatic carbocycles. The first kappa shape index (κ1) is 16.9. The van der Waals surface area contributed by atoms with E-state index in [0.717, 1.165) is 12.5 Å². The number of hydrogen-bond acceptors (Lipinski definition) is 3. The lowest BCUT2D eigenvalue weighted by Crippen LogP contribution is -2.50. The summed E-state index contributed by atoms with van der Waals surface area (Å²) in [5, 5.41) is 13.0. The van der Waals surface area contributed by atoms with Gasteiger partial charge in [0.15, 0.2) is 0 Å². The zero-order chi connectivity index (χ0) is 14.5. The minimum absolute atomic E-state index is 0.115. The Bertz CT molecular complexity index is 255. The van der Waals surface area contributed by atoms with Crippen molar-refractivity contribution in [2.24, 2.45) is 11.8 Å². The standard InChI is InChI=1S/C16H34N2O/c1-6-7-13-8-9-15(17-4)14(10-13)11-18(5)16(2,3)12-19/h13-15,17,19H,6-12H2,1-5H3. The molecule has 1 aliphatic carbocycles. The third-order valence-corrected chi connectivity index (χ3v) is 5.09. The fourth-order valence-corrected chi connectivity index (χ4v) is 3.33. The highest BCUT2D eigenvalue weighted by Crippen LogP contribution is 2.33. The molecule has 0 aliphatic heterocycles. The Labute approximate surface area is 119 Å². The van der Waals surface area contributed by atoms with Crippen molar-refractivity contribution in [1.29, 1.82) is 0 Å². The summed E-state index contributed by atoms with van der Waals surface area (Å²) >= 11 is 0. The zero-order valence-electron chi connectivity index (χ0n) is 13.6. The fraction of sp³-hybridized carbons (Fsp3) is 1.00. The van der Waals surface area contributed by atoms with Gasteiger partial charge >= 0.3 is 0 Å². The summed E-state index contributed by atoms with van der Waals surface area (Å²) in [6.45, 7) is 7.83. The van der Waals surface area contributed by atoms with Gasteiger partial charge in [0, 0.05) is 18.1 Å². The summed E-state index contributed by atoms with van der Waals surface area (Å²) in [7, 11) is 4.24. The smallest absolute Gasteiger partial charge is 0.0609 e. The van der Waals surface area contributed by atoms with E-state index in [2.05, 4.69) is 45.1 Å². The summed E-state index contributed by atoms with van der Waals surface area (Å²) < 4.78 is 0. The Morgan fingerprint density at radius 3 is 2.53 bits per heavy atom. The van der Waals surface area contributed by atoms with Crippen LogP contribution < -0.4 is 5.32 Å². The van der Waals surface area contributed by atoms with E-state index in [9.17, 15) is 5.11 Å². The van der Waals surface area contributed by atoms with Crippen LogP contribution in [0.3, 0.4) is 0 Å². The molecule has 0 aromatic rings. The van der Waals surface area contributed by atoms with Crippen molar-refractivity contribution in [2.45, 2.75) is 64.5 Å². The van der Waals surface area contributed by atoms with Crippen LogP contribution in [0.2, 0.25) is 0 Å². The van der Waals surface area contributed by atoms with Gasteiger partial charge in [0.05, 0.1) is 6.61 Å². The largest absolute Gasteiger partial charge is 0.394 e. The molecule has 0 amide bonds. The van der Waals surface area contributed by atoms with Crippen molar-refractivity contribution in [1.82, 2.24) is 10.2 Å². The Morgan fingerprint density at radius 2 is 2.00 bits per heavy atom. The summed E-state index contributed by atoms with van der Waals surface area (Å²) in [6.07, 6.45) is 6.70. The normalized spacial score (nSPS) is 28.9. The lowest BCUT2D eigenvalue weighted by atomic mass is 9.76. The number of nitrogens with zero attached hydrogens (tertiary/aromatic N) is 1. The first-order valence-corrected chi connectivity index (χ1v) is 7.94. The number of nitrogens with one attached hydrogen (secondary N) is 1. The molecule has 1 saturated carbocycles. The number of aliphatic hydroxyl groups excluding tert-OH is 1. The van der Waals surface area contributed by atoms with Crippen LogP contribution in [0, 0.1) is 11.8 Å². The maximum atomic E-state index is 9.50. The topological polar surface area (TPSA) is 35.5 Å². The molecule has 0 radical (unpaired) electrons. The second-order valence-electron chi connectivity index (χ2n) is 6.97. The van der Waals surface area contributed by atoms with Crippen LogP contribution in [0.5, 0.6) is 0 Å². The number of hydrogen-bond donors (Lipinski definition) is 2. The van der Waals surface area contributed by atoms with Gasteiger partial charge in [0.1, 0.15) is 0 Å². The van der Waals surface area contributed by atoms with Crippen molar-refractivity contribution < 1.29 is 5.11 Å². The maximum Gasteiger partial charge on any atom is 0.0609 e. The highest BCUT2D eigenvalue weighted by Gasteiger charge is 2.32. The molecular weight excluding hydrogens is 236 g/mol. The van der Waals surface area contributed by atoms with Crippen LogP contribution in [0.25, 0.3) is 0 Å². The number of aliphatic hydroxyl groups is 1. The second kappa shape index (κ2) is 7.61. The molecule has 2 N–H and O–H groups in total. The molecule has 114 valence electrons. The van der Waals surface area contributed by atoms with E-state index in [0.29, 0.717) is 12.0 Å². The number of likely N-dealkylation sites (N-methyl/N-ethyl adjacent to an activating group) is 1. The molecule has 0 bridgehead atoms. The Kier molecular flexibility index (Phi) is 6.78. The van der Waals surface area contributed by atoms with E-state index in [1.807, 2.05) is 0 Å². The van der Waals surface area contributed by atoms with Crippen LogP contribution >= 0.6 is 0 Å². The van der Waals surface area contributed by atoms with Gasteiger partial charge in [-0.25, -0.2) is 0 Å². The van der Waals surface area contributed by atoms with E-state index < -0.39 is 0 Å². The van der Waals surface area contributed by atoms with Gasteiger partial charge in [-0.15, -0.1) is 0 Å². The molecule has 3 atom stereocenters. The van der Waals surface area contributed by atoms with Crippen molar-refractivity contribution in [3.63, 3.8) is 0 Å². The molecule has 0 spiro atoms. The van der Waals surface area contributed by atoms with E-state index in [4.69, 9.17) is 0 Å². The van der Waals surface area contributed by atoms with Gasteiger partial charge in [-0.3, -0.25) is 4.90 Å². The average Bonchev–Trinajstić information content (AvgIpc) is 2.39. The summed E-state index contributed by atoms with van der Waals surface area (Å²) in [5.41, 5.74) is -0.115. The van der Waals surface area contributed by atoms with Crippen molar-refractivity contribution in [3.8, 4) is 0 Å². The van der Waals surface area contributed by atoms with E-state index in [-0.39, 0.29) is 12.1 Å². The lowest BCUT2D eigenvalue weighted by Gasteiger charge is -2.42. The van der Waals surface area contributed by atoms with Gasteiger partial charge in [-0.05, 0) is 59.0 Å². The quantitative estimate of drug-likeness (QED) is 0.746. The van der Waals surface area contributed by atoms with Gasteiger partial charge < -0.3 is 10.4 Å². The Balaban J connectivity index is 2.60. The molecule has 0 aromatic heterocycles. The maximum absolute atomic E-state index is 9.50. The fourth-order valence-electron chi connectivity index (χ4n) is 3.33. The minimum atomic E-state index is -0.115. The van der Waals surface area contributed by atoms with Crippen LogP contribution in [0.4, 0.5) is 0 Å². The third-order valence-electron chi connectivity index (χ3n) is 5.09. The minimum Gasteiger partial charge on any atom is -0.394 e. The average molecular weight is 270 g/mol. The highest BCUT2D eigenvalue weighted by molar-refractivity contribution is 4.88. The second-order valence-corrected chi connectivity index (χ2v) is 6.97. The monoisotopic (exact) mass is 270 g/mol. The molecular formula is C16H34N2O. The van der Waals surface area contributed by atoms with Gasteiger partial charge in [-0.1, -0.05) is 19.8 Å². The van der Waals surface area contributed by atoms with Gasteiger partial charge in [0.25, 0.3) is 0 Å². The first-order chi connectivity index (χ1) is 8.94. The summed E-state index contributed by atoms with van der Waals surface area (Å²) in [4.78, 5) is 2.33. The van der Waals surface area contributed by atoms with Gasteiger partial charge in [-0.2, -0.15) is 0 Å². The zero-order valence-corrected chi connectivity index (χ0v) is 13.6. The van der Waals surface area contributed by atoms with Crippen LogP contribution in [0.15, 0.2) is 0 Å². The van der Waals surface area contributed by atoms with Crippen molar-refractivity contribution in [3.05, 3.63) is 0 Å². The van der Waals surface area contributed by atoms with Crippen LogP contribution in [-0.2, 0) is 0 Å². The summed E-state index contributed by atoms with van der Waals surface area (Å²) in [5.74, 6) is 1.62. The van der Waals surface area contributed by atoms with Crippen molar-refractivity contribution >= 4 is 0 Å². The molecule has 3 heteroatoms. The summed E-state index contributed by atoms with van der Waals surface area (Å²) in [6, 6.07) is 0.644. The Morgan fingerprint density at radius 1 is 1.32 bits per heavy atom.